The van der Waals surface area contributed by atoms with Crippen LogP contribution in [-0.2, 0) is 22.3 Å². The molecule has 1 spiro atoms. The molecule has 2 fully saturated rings. The number of alkyl halides is 3. The third-order valence-electron chi connectivity index (χ3n) is 7.62. The van der Waals surface area contributed by atoms with Gasteiger partial charge in [-0.25, -0.2) is 9.37 Å². The van der Waals surface area contributed by atoms with Crippen LogP contribution in [0.15, 0.2) is 29.3 Å². The highest BCUT2D eigenvalue weighted by Gasteiger charge is 2.47. The zero-order chi connectivity index (χ0) is 28.7. The Hall–Kier alpha value is -3.07. The van der Waals surface area contributed by atoms with Crippen molar-refractivity contribution in [3.63, 3.8) is 0 Å². The number of carbonyl (C=O) groups excluding carboxylic acids is 1. The van der Waals surface area contributed by atoms with E-state index in [2.05, 4.69) is 15.6 Å². The van der Waals surface area contributed by atoms with Crippen molar-refractivity contribution in [3.8, 4) is 0 Å². The van der Waals surface area contributed by atoms with Gasteiger partial charge in [-0.1, -0.05) is 0 Å². The molecule has 1 aliphatic carbocycles. The average molecular weight is 563 g/mol. The number of aliphatic imine (C=N–C) groups is 1. The van der Waals surface area contributed by atoms with Crippen LogP contribution in [-0.4, -0.2) is 72.8 Å². The van der Waals surface area contributed by atoms with Crippen LogP contribution in [0.2, 0.25) is 0 Å². The molecule has 0 radical (unpaired) electrons. The first-order valence-electron chi connectivity index (χ1n) is 13.2. The van der Waals surface area contributed by atoms with E-state index in [9.17, 15) is 28.0 Å². The van der Waals surface area contributed by atoms with Crippen molar-refractivity contribution in [2.24, 2.45) is 4.99 Å². The fraction of sp³-hybridized carbons (Fsp3) is 0.500. The number of ether oxygens (including phenoxy) is 1. The van der Waals surface area contributed by atoms with Crippen molar-refractivity contribution in [1.29, 1.82) is 0 Å². The van der Waals surface area contributed by atoms with Gasteiger partial charge in [0.25, 0.3) is 5.91 Å². The molecule has 214 valence electrons. The van der Waals surface area contributed by atoms with Gasteiger partial charge in [0.1, 0.15) is 22.9 Å². The summed E-state index contributed by atoms with van der Waals surface area (Å²) in [6, 6.07) is 4.85. The van der Waals surface area contributed by atoms with Crippen LogP contribution in [0.4, 0.5) is 23.2 Å². The summed E-state index contributed by atoms with van der Waals surface area (Å²) >= 11 is 0. The predicted molar refractivity (Wildman–Crippen MR) is 140 cm³/mol. The number of carbonyl (C=O) groups is 1. The molecule has 1 aromatic heterocycles. The molecule has 4 N–H and O–H groups in total. The first-order valence-corrected chi connectivity index (χ1v) is 13.2. The van der Waals surface area contributed by atoms with Gasteiger partial charge in [0.15, 0.2) is 0 Å². The van der Waals surface area contributed by atoms with E-state index in [1.165, 1.54) is 12.1 Å². The van der Waals surface area contributed by atoms with Crippen molar-refractivity contribution in [2.45, 2.75) is 49.9 Å². The number of anilines is 1. The Kier molecular flexibility index (Phi) is 7.88. The van der Waals surface area contributed by atoms with Gasteiger partial charge in [0, 0.05) is 56.0 Å². The topological polar surface area (TPSA) is 119 Å². The van der Waals surface area contributed by atoms with Crippen molar-refractivity contribution in [1.82, 2.24) is 15.6 Å². The lowest BCUT2D eigenvalue weighted by Crippen LogP contribution is -2.49. The first kappa shape index (κ1) is 28.5. The lowest BCUT2D eigenvalue weighted by molar-refractivity contribution is -0.141. The zero-order valence-electron chi connectivity index (χ0n) is 21.9. The Morgan fingerprint density at radius 2 is 1.95 bits per heavy atom. The maximum atomic E-state index is 15.1. The summed E-state index contributed by atoms with van der Waals surface area (Å²) in [6.07, 6.45) is -2.57. The predicted octanol–water partition coefficient (Wildman–Crippen LogP) is 1.45. The second-order valence-corrected chi connectivity index (χ2v) is 10.4. The molecule has 0 bridgehead atoms. The third-order valence-corrected chi connectivity index (χ3v) is 7.62. The van der Waals surface area contributed by atoms with E-state index >= 15 is 4.39 Å². The van der Waals surface area contributed by atoms with Gasteiger partial charge in [-0.15, -0.1) is 0 Å². The number of nitrogens with zero attached hydrogens (tertiary/aromatic N) is 3. The molecule has 2 aromatic rings. The minimum absolute atomic E-state index is 0.00903. The zero-order valence-corrected chi connectivity index (χ0v) is 21.9. The molecule has 1 saturated heterocycles. The number of rotatable bonds is 9. The molecular weight excluding hydrogens is 533 g/mol. The number of amidine groups is 1. The molecule has 1 amide bonds. The van der Waals surface area contributed by atoms with Gasteiger partial charge in [-0.05, 0) is 55.4 Å². The number of hydrogen-bond donors (Lipinski definition) is 4. The van der Waals surface area contributed by atoms with E-state index in [0.29, 0.717) is 48.7 Å². The lowest BCUT2D eigenvalue weighted by atomic mass is 9.79. The van der Waals surface area contributed by atoms with Gasteiger partial charge < -0.3 is 30.3 Å². The number of pyridine rings is 1. The van der Waals surface area contributed by atoms with Crippen LogP contribution in [0.25, 0.3) is 0 Å². The van der Waals surface area contributed by atoms with E-state index in [1.807, 2.05) is 4.90 Å². The molecule has 0 unspecified atom stereocenters. The molecule has 3 heterocycles. The molecule has 9 nitrogen and oxygen atoms in total. The third kappa shape index (κ3) is 5.71. The highest BCUT2D eigenvalue weighted by molar-refractivity contribution is 6.58. The minimum Gasteiger partial charge on any atom is -0.423 e. The maximum absolute atomic E-state index is 15.1. The summed E-state index contributed by atoms with van der Waals surface area (Å²) in [5.74, 6) is -0.806. The molecule has 2 aliphatic heterocycles. The van der Waals surface area contributed by atoms with Gasteiger partial charge in [-0.3, -0.25) is 9.79 Å². The van der Waals surface area contributed by atoms with E-state index in [-0.39, 0.29) is 42.5 Å². The highest BCUT2D eigenvalue weighted by Crippen LogP contribution is 2.43. The van der Waals surface area contributed by atoms with Crippen molar-refractivity contribution >= 4 is 30.0 Å². The van der Waals surface area contributed by atoms with Crippen molar-refractivity contribution in [3.05, 3.63) is 52.6 Å². The number of aromatic nitrogens is 1. The molecule has 0 atom stereocenters. The van der Waals surface area contributed by atoms with Gasteiger partial charge in [0.2, 0.25) is 0 Å². The van der Waals surface area contributed by atoms with Crippen molar-refractivity contribution in [2.75, 3.05) is 38.3 Å². The molecule has 1 saturated carbocycles. The number of hydrogen-bond acceptors (Lipinski definition) is 8. The summed E-state index contributed by atoms with van der Waals surface area (Å²) in [5.41, 5.74) is -0.549. The number of nitrogens with one attached hydrogen (secondary N) is 2. The number of methoxy groups -OCH3 is 1. The smallest absolute Gasteiger partial charge is 0.423 e. The SMILES string of the molecule is COCCNCc1c(F)cc(B(O)O)cc1N1CCC2(CC1)N=C(c1ccc(C(F)(F)F)nc1C1CC1)NC2=O. The number of piperidine rings is 1. The largest absolute Gasteiger partial charge is 0.488 e. The number of benzene rings is 1. The normalized spacial score (nSPS) is 18.7. The summed E-state index contributed by atoms with van der Waals surface area (Å²) in [5, 5.41) is 25.2. The Balaban J connectivity index is 1.39. The second kappa shape index (κ2) is 11.1. The van der Waals surface area contributed by atoms with Crippen LogP contribution in [0.3, 0.4) is 0 Å². The summed E-state index contributed by atoms with van der Waals surface area (Å²) in [4.78, 5) is 23.6. The Morgan fingerprint density at radius 1 is 1.23 bits per heavy atom. The van der Waals surface area contributed by atoms with E-state index in [0.717, 1.165) is 25.0 Å². The standard InChI is InChI=1S/C26H30BF4N5O4/c1-40-11-8-32-14-18-19(28)12-16(27(38)39)13-20(18)36-9-6-25(7-10-36)24(37)34-23(35-25)17-4-5-21(26(29,30)31)33-22(17)15-2-3-15/h4-5,12-13,15,32,38-39H,2-3,6-11,14H2,1H3,(H,34,35,37). The maximum Gasteiger partial charge on any atom is 0.488 e. The molecule has 5 rings (SSSR count). The Labute approximate surface area is 228 Å². The van der Waals surface area contributed by atoms with Crippen molar-refractivity contribution < 1.29 is 37.1 Å². The van der Waals surface area contributed by atoms with Crippen LogP contribution in [0.1, 0.15) is 54.1 Å². The molecule has 3 aliphatic rings. The molecular formula is C26H30BF4N5O4. The molecule has 14 heteroatoms. The van der Waals surface area contributed by atoms with E-state index in [1.54, 1.807) is 7.11 Å². The fourth-order valence-corrected chi connectivity index (χ4v) is 5.24. The summed E-state index contributed by atoms with van der Waals surface area (Å²) < 4.78 is 59.9. The van der Waals surface area contributed by atoms with E-state index in [4.69, 9.17) is 9.73 Å². The van der Waals surface area contributed by atoms with Crippen LogP contribution >= 0.6 is 0 Å². The van der Waals surface area contributed by atoms with Crippen LogP contribution in [0, 0.1) is 5.82 Å². The lowest BCUT2D eigenvalue weighted by Gasteiger charge is -2.38. The molecule has 40 heavy (non-hydrogen) atoms. The Bertz CT molecular complexity index is 1310. The average Bonchev–Trinajstić information content (AvgIpc) is 3.71. The quantitative estimate of drug-likeness (QED) is 0.207. The fourth-order valence-electron chi connectivity index (χ4n) is 5.24. The number of halogens is 4. The second-order valence-electron chi connectivity index (χ2n) is 10.4. The van der Waals surface area contributed by atoms with Crippen LogP contribution < -0.4 is 21.0 Å². The summed E-state index contributed by atoms with van der Waals surface area (Å²) in [7, 11) is -0.298. The number of amides is 1. The highest BCUT2D eigenvalue weighted by atomic mass is 19.4. The summed E-state index contributed by atoms with van der Waals surface area (Å²) in [6.45, 7) is 1.74. The van der Waals surface area contributed by atoms with Gasteiger partial charge >= 0.3 is 13.3 Å². The van der Waals surface area contributed by atoms with E-state index < -0.39 is 30.3 Å². The Morgan fingerprint density at radius 3 is 2.58 bits per heavy atom. The first-order chi connectivity index (χ1) is 19.0. The monoisotopic (exact) mass is 563 g/mol. The van der Waals surface area contributed by atoms with Gasteiger partial charge in [0.05, 0.1) is 12.3 Å². The molecule has 1 aromatic carbocycles. The van der Waals surface area contributed by atoms with Gasteiger partial charge in [-0.2, -0.15) is 13.2 Å². The minimum atomic E-state index is -4.57. The van der Waals surface area contributed by atoms with Crippen LogP contribution in [0.5, 0.6) is 0 Å².